The molecule has 0 saturated carbocycles. The van der Waals surface area contributed by atoms with E-state index in [1.54, 1.807) is 0 Å². The summed E-state index contributed by atoms with van der Waals surface area (Å²) in [5.74, 6) is -0.859. The van der Waals surface area contributed by atoms with E-state index in [4.69, 9.17) is 0 Å². The fourth-order valence-corrected chi connectivity index (χ4v) is 3.62. The highest BCUT2D eigenvalue weighted by Gasteiger charge is 2.33. The van der Waals surface area contributed by atoms with E-state index < -0.39 is 28.7 Å². The van der Waals surface area contributed by atoms with Crippen molar-refractivity contribution in [1.82, 2.24) is 4.57 Å². The van der Waals surface area contributed by atoms with Crippen LogP contribution >= 0.6 is 0 Å². The van der Waals surface area contributed by atoms with Crippen molar-refractivity contribution < 1.29 is 32.8 Å². The highest BCUT2D eigenvalue weighted by Crippen LogP contribution is 2.37. The first-order chi connectivity index (χ1) is 16.1. The van der Waals surface area contributed by atoms with Gasteiger partial charge in [0.05, 0.1) is 16.0 Å². The Morgan fingerprint density at radius 2 is 1.71 bits per heavy atom. The van der Waals surface area contributed by atoms with Crippen LogP contribution in [0.4, 0.5) is 29.3 Å². The number of nitrogens with one attached hydrogen (secondary N) is 1. The summed E-state index contributed by atoms with van der Waals surface area (Å²) in [6.45, 7) is 0. The van der Waals surface area contributed by atoms with E-state index in [-0.39, 0.29) is 39.1 Å². The molecule has 0 aliphatic heterocycles. The molecule has 34 heavy (non-hydrogen) atoms. The standard InChI is InChI=1S/C23H14F3N3O5/c24-23(25,26)18-7-2-1-6-17(18)13-4-3-5-15(10-13)27-21(30)20-11-14-8-9-16(29(33)34)12-19(14)28(20)22(31)32/h1-12H,(H,27,30)(H,31,32). The van der Waals surface area contributed by atoms with Crippen molar-refractivity contribution in [3.63, 3.8) is 0 Å². The summed E-state index contributed by atoms with van der Waals surface area (Å²) < 4.78 is 40.8. The smallest absolute Gasteiger partial charge is 0.417 e. The van der Waals surface area contributed by atoms with Gasteiger partial charge in [-0.05, 0) is 41.5 Å². The lowest BCUT2D eigenvalue weighted by Crippen LogP contribution is -2.20. The molecular formula is C23H14F3N3O5. The van der Waals surface area contributed by atoms with Crippen molar-refractivity contribution in [2.45, 2.75) is 6.18 Å². The third kappa shape index (κ3) is 4.18. The molecule has 4 rings (SSSR count). The number of alkyl halides is 3. The number of amides is 1. The summed E-state index contributed by atoms with van der Waals surface area (Å²) in [7, 11) is 0. The molecule has 0 radical (unpaired) electrons. The van der Waals surface area contributed by atoms with Gasteiger partial charge in [0.1, 0.15) is 5.69 Å². The average Bonchev–Trinajstić information content (AvgIpc) is 3.18. The highest BCUT2D eigenvalue weighted by molar-refractivity contribution is 6.09. The third-order valence-corrected chi connectivity index (χ3v) is 5.09. The molecule has 0 spiro atoms. The van der Waals surface area contributed by atoms with E-state index in [1.165, 1.54) is 60.7 Å². The van der Waals surface area contributed by atoms with Crippen molar-refractivity contribution in [2.75, 3.05) is 5.32 Å². The van der Waals surface area contributed by atoms with E-state index in [2.05, 4.69) is 5.32 Å². The Hall–Kier alpha value is -4.67. The Labute approximate surface area is 189 Å². The minimum atomic E-state index is -4.58. The molecule has 0 aliphatic carbocycles. The Bertz CT molecular complexity index is 1460. The van der Waals surface area contributed by atoms with E-state index >= 15 is 0 Å². The number of hydrogen-bond donors (Lipinski definition) is 2. The number of carboxylic acid groups (broad SMARTS) is 1. The molecule has 8 nitrogen and oxygen atoms in total. The Balaban J connectivity index is 1.72. The molecule has 3 aromatic carbocycles. The van der Waals surface area contributed by atoms with Gasteiger partial charge < -0.3 is 10.4 Å². The van der Waals surface area contributed by atoms with Crippen LogP contribution in [0.2, 0.25) is 0 Å². The van der Waals surface area contributed by atoms with Gasteiger partial charge >= 0.3 is 12.3 Å². The first-order valence-electron chi connectivity index (χ1n) is 9.67. The number of nitro groups is 1. The van der Waals surface area contributed by atoms with Crippen LogP contribution in [0.1, 0.15) is 16.1 Å². The fraction of sp³-hybridized carbons (Fsp3) is 0.0435. The maximum atomic E-state index is 13.4. The van der Waals surface area contributed by atoms with Crippen molar-refractivity contribution in [2.24, 2.45) is 0 Å². The summed E-state index contributed by atoms with van der Waals surface area (Å²) in [5.41, 5.74) is -1.32. The molecule has 11 heteroatoms. The van der Waals surface area contributed by atoms with E-state index in [0.29, 0.717) is 4.57 Å². The molecule has 0 saturated heterocycles. The van der Waals surface area contributed by atoms with Crippen LogP contribution < -0.4 is 5.32 Å². The van der Waals surface area contributed by atoms with E-state index in [0.717, 1.165) is 12.1 Å². The second-order valence-corrected chi connectivity index (χ2v) is 7.23. The maximum Gasteiger partial charge on any atom is 0.417 e. The van der Waals surface area contributed by atoms with E-state index in [9.17, 15) is 38.0 Å². The molecule has 2 N–H and O–H groups in total. The SMILES string of the molecule is O=C(Nc1cccc(-c2ccccc2C(F)(F)F)c1)c1cc2ccc([N+](=O)[O-])cc2n1C(=O)O. The number of carbonyl (C=O) groups is 2. The second kappa shape index (κ2) is 8.35. The second-order valence-electron chi connectivity index (χ2n) is 7.23. The van der Waals surface area contributed by atoms with Gasteiger partial charge in [-0.25, -0.2) is 9.36 Å². The minimum Gasteiger partial charge on any atom is -0.464 e. The van der Waals surface area contributed by atoms with Crippen LogP contribution in [0.25, 0.3) is 22.0 Å². The zero-order chi connectivity index (χ0) is 24.6. The molecule has 0 atom stereocenters. The number of fused-ring (bicyclic) bond motifs is 1. The van der Waals surface area contributed by atoms with E-state index in [1.807, 2.05) is 0 Å². The van der Waals surface area contributed by atoms with Crippen molar-refractivity contribution >= 4 is 34.3 Å². The monoisotopic (exact) mass is 469 g/mol. The topological polar surface area (TPSA) is 114 Å². The van der Waals surface area contributed by atoms with Crippen LogP contribution in [-0.2, 0) is 6.18 Å². The van der Waals surface area contributed by atoms with Crippen LogP contribution in [-0.4, -0.2) is 26.6 Å². The fourth-order valence-electron chi connectivity index (χ4n) is 3.62. The number of carbonyl (C=O) groups excluding carboxylic acids is 1. The number of halogens is 3. The molecule has 0 unspecified atom stereocenters. The van der Waals surface area contributed by atoms with Gasteiger partial charge in [-0.15, -0.1) is 0 Å². The number of nitro benzene ring substituents is 1. The lowest BCUT2D eigenvalue weighted by molar-refractivity contribution is -0.384. The highest BCUT2D eigenvalue weighted by atomic mass is 19.4. The van der Waals surface area contributed by atoms with Crippen LogP contribution in [0.15, 0.2) is 72.8 Å². The quantitative estimate of drug-likeness (QED) is 0.280. The molecular weight excluding hydrogens is 455 g/mol. The Kier molecular flexibility index (Phi) is 5.53. The normalized spacial score (nSPS) is 11.4. The zero-order valence-electron chi connectivity index (χ0n) is 17.0. The van der Waals surface area contributed by atoms with Gasteiger partial charge in [0.2, 0.25) is 0 Å². The first kappa shape index (κ1) is 22.5. The largest absolute Gasteiger partial charge is 0.464 e. The average molecular weight is 469 g/mol. The van der Waals surface area contributed by atoms with Gasteiger partial charge in [0, 0.05) is 23.2 Å². The van der Waals surface area contributed by atoms with Gasteiger partial charge in [0.25, 0.3) is 11.6 Å². The first-order valence-corrected chi connectivity index (χ1v) is 9.67. The van der Waals surface area contributed by atoms with Crippen molar-refractivity contribution in [3.05, 3.63) is 94.2 Å². The summed E-state index contributed by atoms with van der Waals surface area (Å²) in [5, 5.41) is 23.4. The summed E-state index contributed by atoms with van der Waals surface area (Å²) >= 11 is 0. The molecule has 1 heterocycles. The Morgan fingerprint density at radius 3 is 2.38 bits per heavy atom. The lowest BCUT2D eigenvalue weighted by Gasteiger charge is -2.14. The van der Waals surface area contributed by atoms with Crippen molar-refractivity contribution in [1.29, 1.82) is 0 Å². The van der Waals surface area contributed by atoms with Crippen LogP contribution in [0.3, 0.4) is 0 Å². The number of aromatic nitrogens is 1. The third-order valence-electron chi connectivity index (χ3n) is 5.09. The number of non-ortho nitro benzene ring substituents is 1. The van der Waals surface area contributed by atoms with Gasteiger partial charge in [-0.2, -0.15) is 13.2 Å². The summed E-state index contributed by atoms with van der Waals surface area (Å²) in [4.78, 5) is 35.1. The predicted molar refractivity (Wildman–Crippen MR) is 117 cm³/mol. The number of benzene rings is 3. The summed E-state index contributed by atoms with van der Waals surface area (Å²) in [6, 6.07) is 15.5. The number of hydrogen-bond acceptors (Lipinski definition) is 4. The molecule has 1 aromatic heterocycles. The zero-order valence-corrected chi connectivity index (χ0v) is 17.0. The van der Waals surface area contributed by atoms with Gasteiger partial charge in [0.15, 0.2) is 0 Å². The molecule has 1 amide bonds. The predicted octanol–water partition coefficient (Wildman–Crippen LogP) is 6.01. The van der Waals surface area contributed by atoms with Crippen LogP contribution in [0, 0.1) is 10.1 Å². The van der Waals surface area contributed by atoms with Gasteiger partial charge in [-0.1, -0.05) is 30.3 Å². The maximum absolute atomic E-state index is 13.4. The van der Waals surface area contributed by atoms with Crippen molar-refractivity contribution in [3.8, 4) is 11.1 Å². The minimum absolute atomic E-state index is 0.0558. The van der Waals surface area contributed by atoms with Gasteiger partial charge in [-0.3, -0.25) is 14.9 Å². The number of anilines is 1. The Morgan fingerprint density at radius 1 is 0.971 bits per heavy atom. The number of rotatable bonds is 4. The molecule has 4 aromatic rings. The lowest BCUT2D eigenvalue weighted by atomic mass is 9.99. The number of nitrogens with zero attached hydrogens (tertiary/aromatic N) is 2. The summed E-state index contributed by atoms with van der Waals surface area (Å²) in [6.07, 6.45) is -6.12. The molecule has 0 aliphatic rings. The molecule has 0 bridgehead atoms. The van der Waals surface area contributed by atoms with Crippen LogP contribution in [0.5, 0.6) is 0 Å². The molecule has 172 valence electrons. The molecule has 0 fully saturated rings.